The minimum absolute atomic E-state index is 0.616. The van der Waals surface area contributed by atoms with Gasteiger partial charge in [0, 0.05) is 46.0 Å². The molecule has 144 valence electrons. The van der Waals surface area contributed by atoms with E-state index < -0.39 is 0 Å². The molecule has 1 aromatic heterocycles. The van der Waals surface area contributed by atoms with Gasteiger partial charge in [-0.05, 0) is 30.2 Å². The van der Waals surface area contributed by atoms with Gasteiger partial charge in [-0.25, -0.2) is 9.98 Å². The van der Waals surface area contributed by atoms with Gasteiger partial charge >= 0.3 is 0 Å². The summed E-state index contributed by atoms with van der Waals surface area (Å²) in [4.78, 5) is 14.0. The molecule has 0 saturated carbocycles. The molecule has 2 aromatic rings. The molecule has 0 amide bonds. The highest BCUT2D eigenvalue weighted by Gasteiger charge is 2.20. The summed E-state index contributed by atoms with van der Waals surface area (Å²) in [6, 6.07) is 14.4. The second kappa shape index (κ2) is 9.92. The minimum atomic E-state index is 0.616. The number of guanidine groups is 1. The molecule has 0 spiro atoms. The van der Waals surface area contributed by atoms with E-state index in [1.54, 1.807) is 7.11 Å². The molecule has 1 N–H and O–H groups in total. The number of hydrogen-bond acceptors (Lipinski definition) is 4. The number of piperazine rings is 1. The maximum Gasteiger partial charge on any atom is 0.194 e. The molecule has 6 heteroatoms. The van der Waals surface area contributed by atoms with Crippen LogP contribution in [0.5, 0.6) is 0 Å². The summed E-state index contributed by atoms with van der Waals surface area (Å²) in [5.74, 6) is 2.03. The zero-order valence-corrected chi connectivity index (χ0v) is 16.3. The van der Waals surface area contributed by atoms with Crippen LogP contribution in [0.25, 0.3) is 0 Å². The Kier molecular flexibility index (Phi) is 7.04. The van der Waals surface area contributed by atoms with Gasteiger partial charge in [-0.2, -0.15) is 0 Å². The predicted octanol–water partition coefficient (Wildman–Crippen LogP) is 2.52. The lowest BCUT2D eigenvalue weighted by atomic mass is 10.1. The maximum absolute atomic E-state index is 5.31. The van der Waals surface area contributed by atoms with Crippen LogP contribution in [-0.2, 0) is 17.9 Å². The van der Waals surface area contributed by atoms with Crippen LogP contribution in [0, 0.1) is 0 Å². The largest absolute Gasteiger partial charge is 0.380 e. The van der Waals surface area contributed by atoms with Crippen molar-refractivity contribution in [1.29, 1.82) is 0 Å². The standard InChI is InChI=1S/C21H29N5O/c1-3-22-21(24-16-18-8-4-5-9-19(18)17-27-2)26-14-12-25(13-15-26)20-10-6-7-11-23-20/h4-11H,3,12-17H2,1-2H3,(H,22,24). The lowest BCUT2D eigenvalue weighted by Crippen LogP contribution is -2.52. The lowest BCUT2D eigenvalue weighted by Gasteiger charge is -2.37. The van der Waals surface area contributed by atoms with Crippen molar-refractivity contribution in [3.8, 4) is 0 Å². The van der Waals surface area contributed by atoms with Gasteiger partial charge in [0.15, 0.2) is 5.96 Å². The average molecular weight is 367 g/mol. The van der Waals surface area contributed by atoms with E-state index in [2.05, 4.69) is 51.3 Å². The van der Waals surface area contributed by atoms with E-state index in [4.69, 9.17) is 9.73 Å². The molecular formula is C21H29N5O. The summed E-state index contributed by atoms with van der Waals surface area (Å²) in [5.41, 5.74) is 2.40. The van der Waals surface area contributed by atoms with Gasteiger partial charge in [0.1, 0.15) is 5.82 Å². The molecule has 0 radical (unpaired) electrons. The van der Waals surface area contributed by atoms with Gasteiger partial charge in [0.2, 0.25) is 0 Å². The summed E-state index contributed by atoms with van der Waals surface area (Å²) in [6.07, 6.45) is 1.85. The van der Waals surface area contributed by atoms with Crippen molar-refractivity contribution in [2.75, 3.05) is 44.7 Å². The van der Waals surface area contributed by atoms with Crippen molar-refractivity contribution in [1.82, 2.24) is 15.2 Å². The Morgan fingerprint density at radius 2 is 1.81 bits per heavy atom. The molecular weight excluding hydrogens is 338 g/mol. The molecule has 0 aliphatic carbocycles. The first-order valence-corrected chi connectivity index (χ1v) is 9.56. The highest BCUT2D eigenvalue weighted by Crippen LogP contribution is 2.14. The van der Waals surface area contributed by atoms with Gasteiger partial charge in [0.05, 0.1) is 13.2 Å². The maximum atomic E-state index is 5.31. The summed E-state index contributed by atoms with van der Waals surface area (Å²) >= 11 is 0. The van der Waals surface area contributed by atoms with Crippen LogP contribution in [-0.4, -0.2) is 55.7 Å². The van der Waals surface area contributed by atoms with E-state index in [1.165, 1.54) is 11.1 Å². The third-order valence-electron chi connectivity index (χ3n) is 4.70. The first-order chi connectivity index (χ1) is 13.3. The van der Waals surface area contributed by atoms with Crippen molar-refractivity contribution in [3.05, 3.63) is 59.8 Å². The number of anilines is 1. The molecule has 1 aromatic carbocycles. The van der Waals surface area contributed by atoms with E-state index in [-0.39, 0.29) is 0 Å². The Balaban J connectivity index is 1.65. The summed E-state index contributed by atoms with van der Waals surface area (Å²) in [7, 11) is 1.73. The third-order valence-corrected chi connectivity index (χ3v) is 4.70. The Morgan fingerprint density at radius 3 is 2.48 bits per heavy atom. The fourth-order valence-corrected chi connectivity index (χ4v) is 3.28. The monoisotopic (exact) mass is 367 g/mol. The van der Waals surface area contributed by atoms with Gasteiger partial charge in [-0.15, -0.1) is 0 Å². The van der Waals surface area contributed by atoms with Crippen LogP contribution < -0.4 is 10.2 Å². The Labute approximate surface area is 161 Å². The summed E-state index contributed by atoms with van der Waals surface area (Å²) in [6.45, 7) is 8.00. The molecule has 1 fully saturated rings. The van der Waals surface area contributed by atoms with Crippen LogP contribution in [0.15, 0.2) is 53.7 Å². The number of aliphatic imine (C=N–C) groups is 1. The molecule has 0 bridgehead atoms. The fraction of sp³-hybridized carbons (Fsp3) is 0.429. The van der Waals surface area contributed by atoms with Gasteiger partial charge in [-0.3, -0.25) is 0 Å². The van der Waals surface area contributed by atoms with Crippen LogP contribution in [0.4, 0.5) is 5.82 Å². The van der Waals surface area contributed by atoms with E-state index in [9.17, 15) is 0 Å². The van der Waals surface area contributed by atoms with E-state index in [0.717, 1.165) is 44.5 Å². The van der Waals surface area contributed by atoms with Crippen molar-refractivity contribution in [2.45, 2.75) is 20.1 Å². The normalized spacial score (nSPS) is 15.1. The first kappa shape index (κ1) is 19.2. The van der Waals surface area contributed by atoms with Crippen LogP contribution in [0.2, 0.25) is 0 Å². The molecule has 3 rings (SSSR count). The number of hydrogen-bond donors (Lipinski definition) is 1. The number of rotatable bonds is 6. The number of ether oxygens (including phenoxy) is 1. The van der Waals surface area contributed by atoms with Crippen molar-refractivity contribution < 1.29 is 4.74 Å². The number of aromatic nitrogens is 1. The topological polar surface area (TPSA) is 53.0 Å². The summed E-state index contributed by atoms with van der Waals surface area (Å²) < 4.78 is 5.31. The Hall–Kier alpha value is -2.60. The molecule has 0 unspecified atom stereocenters. The van der Waals surface area contributed by atoms with Crippen LogP contribution in [0.3, 0.4) is 0 Å². The highest BCUT2D eigenvalue weighted by molar-refractivity contribution is 5.80. The number of nitrogens with zero attached hydrogens (tertiary/aromatic N) is 4. The number of pyridine rings is 1. The van der Waals surface area contributed by atoms with E-state index in [0.29, 0.717) is 13.2 Å². The van der Waals surface area contributed by atoms with Crippen LogP contribution >= 0.6 is 0 Å². The second-order valence-electron chi connectivity index (χ2n) is 6.53. The SMILES string of the molecule is CCNC(=NCc1ccccc1COC)N1CCN(c2ccccn2)CC1. The van der Waals surface area contributed by atoms with Crippen molar-refractivity contribution >= 4 is 11.8 Å². The second-order valence-corrected chi connectivity index (χ2v) is 6.53. The van der Waals surface area contributed by atoms with Gasteiger partial charge in [-0.1, -0.05) is 30.3 Å². The first-order valence-electron chi connectivity index (χ1n) is 9.56. The number of nitrogens with one attached hydrogen (secondary N) is 1. The minimum Gasteiger partial charge on any atom is -0.380 e. The highest BCUT2D eigenvalue weighted by atomic mass is 16.5. The molecule has 1 aliphatic rings. The van der Waals surface area contributed by atoms with Gasteiger partial charge in [0.25, 0.3) is 0 Å². The van der Waals surface area contributed by atoms with Gasteiger partial charge < -0.3 is 19.9 Å². The quantitative estimate of drug-likeness (QED) is 0.628. The fourth-order valence-electron chi connectivity index (χ4n) is 3.28. The lowest BCUT2D eigenvalue weighted by molar-refractivity contribution is 0.184. The molecule has 0 atom stereocenters. The molecule has 6 nitrogen and oxygen atoms in total. The molecule has 2 heterocycles. The molecule has 27 heavy (non-hydrogen) atoms. The summed E-state index contributed by atoms with van der Waals surface area (Å²) in [5, 5.41) is 3.44. The average Bonchev–Trinajstić information content (AvgIpc) is 2.73. The zero-order chi connectivity index (χ0) is 18.9. The van der Waals surface area contributed by atoms with E-state index >= 15 is 0 Å². The predicted molar refractivity (Wildman–Crippen MR) is 110 cm³/mol. The number of benzene rings is 1. The zero-order valence-electron chi connectivity index (χ0n) is 16.3. The third kappa shape index (κ3) is 5.20. The molecule has 1 aliphatic heterocycles. The smallest absolute Gasteiger partial charge is 0.194 e. The molecule has 1 saturated heterocycles. The van der Waals surface area contributed by atoms with Crippen LogP contribution in [0.1, 0.15) is 18.1 Å². The number of methoxy groups -OCH3 is 1. The van der Waals surface area contributed by atoms with E-state index in [1.807, 2.05) is 24.4 Å². The Bertz CT molecular complexity index is 726. The van der Waals surface area contributed by atoms with Crippen molar-refractivity contribution in [2.24, 2.45) is 4.99 Å². The Morgan fingerprint density at radius 1 is 1.07 bits per heavy atom. The van der Waals surface area contributed by atoms with Crippen molar-refractivity contribution in [3.63, 3.8) is 0 Å².